The molecule has 0 aliphatic heterocycles. The molecule has 3 rings (SSSR count). The van der Waals surface area contributed by atoms with Crippen molar-refractivity contribution in [2.24, 2.45) is 23.0 Å². The Hall–Kier alpha value is -1.17. The number of halogens is 1. The van der Waals surface area contributed by atoms with Crippen molar-refractivity contribution < 1.29 is 19.4 Å². The Kier molecular flexibility index (Phi) is 4.29. The van der Waals surface area contributed by atoms with Gasteiger partial charge in [-0.3, -0.25) is 9.59 Å². The third kappa shape index (κ3) is 2.06. The number of ketones is 1. The molecule has 5 nitrogen and oxygen atoms in total. The molecule has 0 amide bonds. The van der Waals surface area contributed by atoms with Gasteiger partial charge in [0.25, 0.3) is 0 Å². The highest BCUT2D eigenvalue weighted by molar-refractivity contribution is 6.21. The zero-order valence-corrected chi connectivity index (χ0v) is 12.7. The summed E-state index contributed by atoms with van der Waals surface area (Å²) in [6.07, 6.45) is 5.09. The molecule has 1 saturated carbocycles. The van der Waals surface area contributed by atoms with Crippen molar-refractivity contribution >= 4 is 23.4 Å². The fraction of sp³-hybridized carbons (Fsp3) is 0.600. The molecule has 0 saturated heterocycles. The average Bonchev–Trinajstić information content (AvgIpc) is 2.45. The van der Waals surface area contributed by atoms with E-state index in [1.807, 2.05) is 0 Å². The van der Waals surface area contributed by atoms with E-state index in [0.717, 1.165) is 0 Å². The van der Waals surface area contributed by atoms with Crippen molar-refractivity contribution in [3.63, 3.8) is 0 Å². The van der Waals surface area contributed by atoms with E-state index in [-0.39, 0.29) is 18.9 Å². The highest BCUT2D eigenvalue weighted by atomic mass is 35.5. The number of allylic oxidation sites excluding steroid dienone is 2. The first kappa shape index (κ1) is 16.2. The van der Waals surface area contributed by atoms with Crippen LogP contribution in [0, 0.1) is 17.3 Å². The molecule has 0 unspecified atom stereocenters. The van der Waals surface area contributed by atoms with Gasteiger partial charge < -0.3 is 15.6 Å². The standard InChI is InChI=1S/C15H20ClNO4/c1-3-6-14-7-5-9(15(20,8-16)13(14)19)11(17)10(14)12(18)21-4-2/h3,5,7,9-11,20H,1,4,6,8,17H2,2H3/t9-,10+,11+,14+,15+/m1/s1. The van der Waals surface area contributed by atoms with Gasteiger partial charge in [0.1, 0.15) is 5.60 Å². The maximum absolute atomic E-state index is 12.8. The van der Waals surface area contributed by atoms with E-state index in [4.69, 9.17) is 22.1 Å². The van der Waals surface area contributed by atoms with Crippen molar-refractivity contribution in [3.05, 3.63) is 24.8 Å². The van der Waals surface area contributed by atoms with Crippen molar-refractivity contribution in [2.75, 3.05) is 12.5 Å². The number of Topliss-reactive ketones (excluding diaryl/α,β-unsaturated/α-hetero) is 1. The summed E-state index contributed by atoms with van der Waals surface area (Å²) in [7, 11) is 0. The van der Waals surface area contributed by atoms with Crippen molar-refractivity contribution in [2.45, 2.75) is 25.0 Å². The summed E-state index contributed by atoms with van der Waals surface area (Å²) in [6, 6.07) is -0.726. The van der Waals surface area contributed by atoms with Gasteiger partial charge in [0, 0.05) is 12.0 Å². The second-order valence-electron chi connectivity index (χ2n) is 5.61. The first-order valence-corrected chi connectivity index (χ1v) is 7.48. The van der Waals surface area contributed by atoms with Crippen LogP contribution < -0.4 is 5.73 Å². The molecule has 0 aromatic rings. The molecule has 116 valence electrons. The molecule has 3 N–H and O–H groups in total. The lowest BCUT2D eigenvalue weighted by Gasteiger charge is -2.55. The summed E-state index contributed by atoms with van der Waals surface area (Å²) in [4.78, 5) is 25.1. The molecule has 3 aliphatic rings. The quantitative estimate of drug-likeness (QED) is 0.445. The van der Waals surface area contributed by atoms with Gasteiger partial charge in [-0.25, -0.2) is 0 Å². The first-order valence-electron chi connectivity index (χ1n) is 6.94. The van der Waals surface area contributed by atoms with Crippen LogP contribution in [0.3, 0.4) is 0 Å². The molecular weight excluding hydrogens is 294 g/mol. The summed E-state index contributed by atoms with van der Waals surface area (Å²) in [5.74, 6) is -2.78. The molecule has 0 radical (unpaired) electrons. The van der Waals surface area contributed by atoms with E-state index in [1.165, 1.54) is 0 Å². The Morgan fingerprint density at radius 2 is 2.33 bits per heavy atom. The third-order valence-corrected chi connectivity index (χ3v) is 4.96. The zero-order chi connectivity index (χ0) is 15.8. The molecule has 21 heavy (non-hydrogen) atoms. The van der Waals surface area contributed by atoms with Crippen LogP contribution in [0.4, 0.5) is 0 Å². The SMILES string of the molecule is C=CC[C@]12C=C[C@H]([C@H](N)[C@H]1C(=O)OCC)[C@@](O)(CCl)C2=O. The summed E-state index contributed by atoms with van der Waals surface area (Å²) in [5.41, 5.74) is 3.19. The van der Waals surface area contributed by atoms with Crippen LogP contribution in [0.25, 0.3) is 0 Å². The lowest BCUT2D eigenvalue weighted by Crippen LogP contribution is -2.72. The smallest absolute Gasteiger partial charge is 0.311 e. The molecule has 0 aromatic carbocycles. The maximum Gasteiger partial charge on any atom is 0.311 e. The largest absolute Gasteiger partial charge is 0.466 e. The highest BCUT2D eigenvalue weighted by Crippen LogP contribution is 2.53. The van der Waals surface area contributed by atoms with E-state index in [1.54, 1.807) is 25.2 Å². The maximum atomic E-state index is 12.8. The number of aliphatic hydroxyl groups is 1. The summed E-state index contributed by atoms with van der Waals surface area (Å²) >= 11 is 5.82. The van der Waals surface area contributed by atoms with Crippen LogP contribution in [0.1, 0.15) is 13.3 Å². The van der Waals surface area contributed by atoms with Gasteiger partial charge in [-0.1, -0.05) is 18.2 Å². The fourth-order valence-electron chi connectivity index (χ4n) is 3.58. The number of alkyl halides is 1. The number of hydrogen-bond acceptors (Lipinski definition) is 5. The molecule has 3 aliphatic carbocycles. The van der Waals surface area contributed by atoms with Crippen molar-refractivity contribution in [1.82, 2.24) is 0 Å². The molecule has 5 atom stereocenters. The molecular formula is C15H20ClNO4. The van der Waals surface area contributed by atoms with E-state index in [2.05, 4.69) is 6.58 Å². The number of carbonyl (C=O) groups is 2. The molecule has 6 heteroatoms. The van der Waals surface area contributed by atoms with Gasteiger partial charge in [0.2, 0.25) is 0 Å². The van der Waals surface area contributed by atoms with E-state index >= 15 is 0 Å². The number of fused-ring (bicyclic) bond motifs is 2. The van der Waals surface area contributed by atoms with Crippen LogP contribution in [-0.4, -0.2) is 41.0 Å². The second kappa shape index (κ2) is 5.55. The van der Waals surface area contributed by atoms with Gasteiger partial charge in [-0.15, -0.1) is 18.2 Å². The van der Waals surface area contributed by atoms with E-state index < -0.39 is 40.6 Å². The van der Waals surface area contributed by atoms with Gasteiger partial charge in [0.15, 0.2) is 5.78 Å². The Morgan fingerprint density at radius 3 is 2.86 bits per heavy atom. The van der Waals surface area contributed by atoms with Gasteiger partial charge in [0.05, 0.1) is 23.8 Å². The highest BCUT2D eigenvalue weighted by Gasteiger charge is 2.67. The minimum Gasteiger partial charge on any atom is -0.466 e. The van der Waals surface area contributed by atoms with Gasteiger partial charge >= 0.3 is 5.97 Å². The Balaban J connectivity index is 2.56. The molecule has 0 spiro atoms. The minimum atomic E-state index is -1.75. The lowest BCUT2D eigenvalue weighted by molar-refractivity contribution is -0.176. The molecule has 0 heterocycles. The number of esters is 1. The first-order chi connectivity index (χ1) is 9.89. The number of carbonyl (C=O) groups excluding carboxylic acids is 2. The second-order valence-corrected chi connectivity index (χ2v) is 5.88. The average molecular weight is 314 g/mol. The summed E-state index contributed by atoms with van der Waals surface area (Å²) in [5, 5.41) is 10.6. The molecule has 2 bridgehead atoms. The monoisotopic (exact) mass is 313 g/mol. The number of hydrogen-bond donors (Lipinski definition) is 2. The van der Waals surface area contributed by atoms with Crippen LogP contribution in [0.15, 0.2) is 24.8 Å². The van der Waals surface area contributed by atoms with Crippen molar-refractivity contribution in [1.29, 1.82) is 0 Å². The van der Waals surface area contributed by atoms with Gasteiger partial charge in [-0.05, 0) is 13.3 Å². The van der Waals surface area contributed by atoms with Crippen molar-refractivity contribution in [3.8, 4) is 0 Å². The number of rotatable bonds is 5. The fourth-order valence-corrected chi connectivity index (χ4v) is 3.88. The summed E-state index contributed by atoms with van der Waals surface area (Å²) < 4.78 is 5.07. The van der Waals surface area contributed by atoms with E-state index in [0.29, 0.717) is 0 Å². The van der Waals surface area contributed by atoms with Gasteiger partial charge in [-0.2, -0.15) is 0 Å². The minimum absolute atomic E-state index is 0.200. The van der Waals surface area contributed by atoms with Crippen LogP contribution in [0.5, 0.6) is 0 Å². The number of ether oxygens (including phenoxy) is 1. The zero-order valence-electron chi connectivity index (χ0n) is 11.9. The summed E-state index contributed by atoms with van der Waals surface area (Å²) in [6.45, 7) is 5.54. The Morgan fingerprint density at radius 1 is 1.67 bits per heavy atom. The van der Waals surface area contributed by atoms with Crippen LogP contribution in [0.2, 0.25) is 0 Å². The number of nitrogens with two attached hydrogens (primary N) is 1. The predicted molar refractivity (Wildman–Crippen MR) is 78.7 cm³/mol. The molecule has 1 fully saturated rings. The van der Waals surface area contributed by atoms with Crippen LogP contribution in [-0.2, 0) is 14.3 Å². The topological polar surface area (TPSA) is 89.6 Å². The lowest BCUT2D eigenvalue weighted by atomic mass is 9.50. The molecule has 0 aromatic heterocycles. The Bertz CT molecular complexity index is 506. The van der Waals surface area contributed by atoms with Crippen LogP contribution >= 0.6 is 11.6 Å². The normalized spacial score (nSPS) is 41.1. The Labute approximate surface area is 128 Å². The third-order valence-electron chi connectivity index (χ3n) is 4.55. The van der Waals surface area contributed by atoms with E-state index in [9.17, 15) is 14.7 Å². The predicted octanol–water partition coefficient (Wildman–Crippen LogP) is 0.794.